The number of carbonyl (C=O) groups excluding carboxylic acids is 2. The van der Waals surface area contributed by atoms with Gasteiger partial charge in [-0.15, -0.1) is 0 Å². The van der Waals surface area contributed by atoms with Gasteiger partial charge in [0.05, 0.1) is 13.0 Å². The molecule has 0 spiro atoms. The normalized spacial score (nSPS) is 24.1. The van der Waals surface area contributed by atoms with E-state index in [0.29, 0.717) is 6.61 Å². The molecule has 2 atom stereocenters. The molecule has 1 rings (SSSR count). The third-order valence-corrected chi connectivity index (χ3v) is 3.03. The fourth-order valence-corrected chi connectivity index (χ4v) is 2.07. The molecule has 0 aromatic carbocycles. The molecule has 0 aromatic rings. The predicted molar refractivity (Wildman–Crippen MR) is 64.2 cm³/mol. The first-order valence-corrected chi connectivity index (χ1v) is 6.34. The van der Waals surface area contributed by atoms with Gasteiger partial charge in [0.25, 0.3) is 0 Å². The first kappa shape index (κ1) is 14.0. The number of esters is 1. The maximum Gasteiger partial charge on any atom is 0.306 e. The molecular formula is C12H22N2O3. The SMILES string of the molecule is CCOC(=O)CCC(=O)NC1CCCCC1N. The molecule has 0 aliphatic heterocycles. The fourth-order valence-electron chi connectivity index (χ4n) is 2.07. The zero-order valence-corrected chi connectivity index (χ0v) is 10.4. The monoisotopic (exact) mass is 242 g/mol. The van der Waals surface area contributed by atoms with Crippen molar-refractivity contribution in [1.29, 1.82) is 0 Å². The van der Waals surface area contributed by atoms with Crippen LogP contribution in [0.1, 0.15) is 45.4 Å². The lowest BCUT2D eigenvalue weighted by Gasteiger charge is -2.29. The molecule has 1 amide bonds. The number of amides is 1. The molecule has 2 unspecified atom stereocenters. The van der Waals surface area contributed by atoms with Crippen LogP contribution in [0.5, 0.6) is 0 Å². The highest BCUT2D eigenvalue weighted by Gasteiger charge is 2.23. The number of nitrogens with two attached hydrogens (primary N) is 1. The zero-order valence-electron chi connectivity index (χ0n) is 10.4. The Balaban J connectivity index is 2.22. The van der Waals surface area contributed by atoms with E-state index in [9.17, 15) is 9.59 Å². The molecule has 5 nitrogen and oxygen atoms in total. The van der Waals surface area contributed by atoms with E-state index in [1.165, 1.54) is 0 Å². The van der Waals surface area contributed by atoms with Crippen molar-refractivity contribution in [2.45, 2.75) is 57.5 Å². The van der Waals surface area contributed by atoms with Crippen LogP contribution < -0.4 is 11.1 Å². The van der Waals surface area contributed by atoms with Crippen LogP contribution in [-0.2, 0) is 14.3 Å². The average molecular weight is 242 g/mol. The number of hydrogen-bond acceptors (Lipinski definition) is 4. The average Bonchev–Trinajstić information content (AvgIpc) is 2.30. The lowest BCUT2D eigenvalue weighted by Crippen LogP contribution is -2.49. The summed E-state index contributed by atoms with van der Waals surface area (Å²) in [5.41, 5.74) is 5.92. The van der Waals surface area contributed by atoms with Gasteiger partial charge in [0, 0.05) is 18.5 Å². The first-order chi connectivity index (χ1) is 8.13. The van der Waals surface area contributed by atoms with Gasteiger partial charge in [-0.3, -0.25) is 9.59 Å². The van der Waals surface area contributed by atoms with Crippen molar-refractivity contribution < 1.29 is 14.3 Å². The molecule has 0 saturated heterocycles. The fraction of sp³-hybridized carbons (Fsp3) is 0.833. The van der Waals surface area contributed by atoms with Crippen molar-refractivity contribution in [2.24, 2.45) is 5.73 Å². The van der Waals surface area contributed by atoms with Gasteiger partial charge in [-0.2, -0.15) is 0 Å². The van der Waals surface area contributed by atoms with Gasteiger partial charge in [-0.25, -0.2) is 0 Å². The van der Waals surface area contributed by atoms with Crippen LogP contribution in [-0.4, -0.2) is 30.6 Å². The van der Waals surface area contributed by atoms with Crippen LogP contribution in [0.4, 0.5) is 0 Å². The number of rotatable bonds is 5. The molecule has 1 aliphatic carbocycles. The van der Waals surface area contributed by atoms with Crippen LogP contribution in [0, 0.1) is 0 Å². The van der Waals surface area contributed by atoms with Crippen LogP contribution in [0.25, 0.3) is 0 Å². The highest BCUT2D eigenvalue weighted by atomic mass is 16.5. The Hall–Kier alpha value is -1.10. The third kappa shape index (κ3) is 5.17. The van der Waals surface area contributed by atoms with Crippen molar-refractivity contribution in [3.8, 4) is 0 Å². The van der Waals surface area contributed by atoms with Crippen molar-refractivity contribution in [1.82, 2.24) is 5.32 Å². The van der Waals surface area contributed by atoms with Gasteiger partial charge in [0.2, 0.25) is 5.91 Å². The van der Waals surface area contributed by atoms with Gasteiger partial charge in [0.1, 0.15) is 0 Å². The molecule has 3 N–H and O–H groups in total. The van der Waals surface area contributed by atoms with Gasteiger partial charge >= 0.3 is 5.97 Å². The van der Waals surface area contributed by atoms with Crippen LogP contribution in [0.3, 0.4) is 0 Å². The lowest BCUT2D eigenvalue weighted by molar-refractivity contribution is -0.144. The molecular weight excluding hydrogens is 220 g/mol. The van der Waals surface area contributed by atoms with Crippen molar-refractivity contribution in [3.63, 3.8) is 0 Å². The van der Waals surface area contributed by atoms with Crippen LogP contribution in [0.15, 0.2) is 0 Å². The van der Waals surface area contributed by atoms with E-state index in [4.69, 9.17) is 10.5 Å². The van der Waals surface area contributed by atoms with E-state index in [2.05, 4.69) is 5.32 Å². The van der Waals surface area contributed by atoms with Gasteiger partial charge in [0.15, 0.2) is 0 Å². The summed E-state index contributed by atoms with van der Waals surface area (Å²) in [4.78, 5) is 22.7. The second-order valence-electron chi connectivity index (χ2n) is 4.43. The highest BCUT2D eigenvalue weighted by molar-refractivity contribution is 5.81. The molecule has 0 heterocycles. The Morgan fingerprint density at radius 2 is 2.00 bits per heavy atom. The largest absolute Gasteiger partial charge is 0.466 e. The number of hydrogen-bond donors (Lipinski definition) is 2. The van der Waals surface area contributed by atoms with Gasteiger partial charge < -0.3 is 15.8 Å². The van der Waals surface area contributed by atoms with E-state index in [0.717, 1.165) is 25.7 Å². The molecule has 5 heteroatoms. The Morgan fingerprint density at radius 3 is 2.65 bits per heavy atom. The molecule has 1 saturated carbocycles. The van der Waals surface area contributed by atoms with Crippen LogP contribution >= 0.6 is 0 Å². The number of ether oxygens (including phenoxy) is 1. The molecule has 0 aromatic heterocycles. The standard InChI is InChI=1S/C12H22N2O3/c1-2-17-12(16)8-7-11(15)14-10-6-4-3-5-9(10)13/h9-10H,2-8,13H2,1H3,(H,14,15). The zero-order chi connectivity index (χ0) is 12.7. The summed E-state index contributed by atoms with van der Waals surface area (Å²) >= 11 is 0. The molecule has 0 radical (unpaired) electrons. The molecule has 0 bridgehead atoms. The predicted octanol–water partition coefficient (Wildman–Crippen LogP) is 0.716. The summed E-state index contributed by atoms with van der Waals surface area (Å²) in [6, 6.07) is 0.119. The second-order valence-corrected chi connectivity index (χ2v) is 4.43. The molecule has 98 valence electrons. The Bertz CT molecular complexity index is 268. The summed E-state index contributed by atoms with van der Waals surface area (Å²) in [5, 5.41) is 2.89. The topological polar surface area (TPSA) is 81.4 Å². The van der Waals surface area contributed by atoms with E-state index in [-0.39, 0.29) is 36.8 Å². The maximum absolute atomic E-state index is 11.6. The summed E-state index contributed by atoms with van der Waals surface area (Å²) in [6.07, 6.45) is 4.46. The van der Waals surface area contributed by atoms with Crippen LogP contribution in [0.2, 0.25) is 0 Å². The smallest absolute Gasteiger partial charge is 0.306 e. The minimum atomic E-state index is -0.324. The van der Waals surface area contributed by atoms with E-state index < -0.39 is 0 Å². The quantitative estimate of drug-likeness (QED) is 0.696. The van der Waals surface area contributed by atoms with Gasteiger partial charge in [-0.1, -0.05) is 12.8 Å². The summed E-state index contributed by atoms with van der Waals surface area (Å²) in [6.45, 7) is 2.10. The third-order valence-electron chi connectivity index (χ3n) is 3.03. The molecule has 1 fully saturated rings. The highest BCUT2D eigenvalue weighted by Crippen LogP contribution is 2.16. The Kier molecular flexibility index (Phi) is 5.97. The minimum absolute atomic E-state index is 0.0512. The maximum atomic E-state index is 11.6. The Morgan fingerprint density at radius 1 is 1.29 bits per heavy atom. The summed E-state index contributed by atoms with van der Waals surface area (Å²) < 4.78 is 4.76. The van der Waals surface area contributed by atoms with Crippen molar-refractivity contribution >= 4 is 11.9 Å². The van der Waals surface area contributed by atoms with E-state index in [1.54, 1.807) is 6.92 Å². The second kappa shape index (κ2) is 7.27. The number of carbonyl (C=O) groups is 2. The molecule has 17 heavy (non-hydrogen) atoms. The summed E-state index contributed by atoms with van der Waals surface area (Å²) in [7, 11) is 0. The first-order valence-electron chi connectivity index (χ1n) is 6.34. The summed E-state index contributed by atoms with van der Waals surface area (Å²) in [5.74, 6) is -0.434. The van der Waals surface area contributed by atoms with E-state index >= 15 is 0 Å². The minimum Gasteiger partial charge on any atom is -0.466 e. The van der Waals surface area contributed by atoms with Crippen molar-refractivity contribution in [3.05, 3.63) is 0 Å². The van der Waals surface area contributed by atoms with E-state index in [1.807, 2.05) is 0 Å². The van der Waals surface area contributed by atoms with Crippen molar-refractivity contribution in [2.75, 3.05) is 6.61 Å². The Labute approximate surface area is 102 Å². The lowest BCUT2D eigenvalue weighted by atomic mass is 9.91. The number of nitrogens with one attached hydrogen (secondary N) is 1. The molecule has 1 aliphatic rings. The van der Waals surface area contributed by atoms with Gasteiger partial charge in [-0.05, 0) is 19.8 Å².